The van der Waals surface area contributed by atoms with Crippen LogP contribution in [-0.2, 0) is 4.79 Å². The summed E-state index contributed by atoms with van der Waals surface area (Å²) in [4.78, 5) is 13.7. The number of nitrogen functional groups attached to an aromatic ring is 1. The largest absolute Gasteiger partial charge is 0.343 e. The SMILES string of the molecule is C=C(Br)CSc1nnc(SCC(=O)N(CC)CC)n1N. The van der Waals surface area contributed by atoms with Crippen molar-refractivity contribution in [1.29, 1.82) is 0 Å². The molecule has 0 aliphatic rings. The smallest absolute Gasteiger partial charge is 0.233 e. The average Bonchev–Trinajstić information content (AvgIpc) is 2.76. The molecule has 20 heavy (non-hydrogen) atoms. The summed E-state index contributed by atoms with van der Waals surface area (Å²) in [5, 5.41) is 9.12. The molecular weight excluding hydrogens is 362 g/mol. The van der Waals surface area contributed by atoms with Crippen LogP contribution in [0.3, 0.4) is 0 Å². The third-order valence-electron chi connectivity index (χ3n) is 2.43. The van der Waals surface area contributed by atoms with E-state index in [-0.39, 0.29) is 5.91 Å². The molecule has 0 aliphatic carbocycles. The van der Waals surface area contributed by atoms with E-state index in [1.807, 2.05) is 13.8 Å². The van der Waals surface area contributed by atoms with Gasteiger partial charge >= 0.3 is 0 Å². The van der Waals surface area contributed by atoms with Gasteiger partial charge in [-0.2, -0.15) is 0 Å². The molecule has 6 nitrogen and oxygen atoms in total. The van der Waals surface area contributed by atoms with Gasteiger partial charge in [-0.05, 0) is 18.3 Å². The molecule has 2 N–H and O–H groups in total. The zero-order valence-electron chi connectivity index (χ0n) is 11.5. The van der Waals surface area contributed by atoms with Crippen LogP contribution in [0.4, 0.5) is 0 Å². The minimum Gasteiger partial charge on any atom is -0.343 e. The lowest BCUT2D eigenvalue weighted by Gasteiger charge is -2.17. The minimum absolute atomic E-state index is 0.0750. The lowest BCUT2D eigenvalue weighted by molar-refractivity contribution is -0.127. The van der Waals surface area contributed by atoms with E-state index in [0.29, 0.717) is 34.9 Å². The summed E-state index contributed by atoms with van der Waals surface area (Å²) in [6, 6.07) is 0. The van der Waals surface area contributed by atoms with E-state index in [1.165, 1.54) is 28.2 Å². The average molecular weight is 380 g/mol. The van der Waals surface area contributed by atoms with Crippen molar-refractivity contribution in [3.63, 3.8) is 0 Å². The Labute approximate surface area is 135 Å². The summed E-state index contributed by atoms with van der Waals surface area (Å²) in [6.07, 6.45) is 0. The van der Waals surface area contributed by atoms with Crippen molar-refractivity contribution < 1.29 is 4.79 Å². The minimum atomic E-state index is 0.0750. The Kier molecular flexibility index (Phi) is 7.46. The summed E-state index contributed by atoms with van der Waals surface area (Å²) in [5.41, 5.74) is 0. The van der Waals surface area contributed by atoms with E-state index in [0.717, 1.165) is 4.48 Å². The van der Waals surface area contributed by atoms with Crippen LogP contribution in [0.1, 0.15) is 13.8 Å². The molecule has 0 fully saturated rings. The first-order valence-corrected chi connectivity index (χ1v) is 8.83. The Morgan fingerprint density at radius 2 is 1.80 bits per heavy atom. The molecule has 0 saturated heterocycles. The molecule has 0 aromatic carbocycles. The summed E-state index contributed by atoms with van der Waals surface area (Å²) in [7, 11) is 0. The molecule has 0 spiro atoms. The van der Waals surface area contributed by atoms with Gasteiger partial charge in [0.05, 0.1) is 5.75 Å². The van der Waals surface area contributed by atoms with Gasteiger partial charge in [0.15, 0.2) is 0 Å². The van der Waals surface area contributed by atoms with Crippen molar-refractivity contribution in [3.8, 4) is 0 Å². The molecule has 0 bridgehead atoms. The monoisotopic (exact) mass is 379 g/mol. The number of aromatic nitrogens is 3. The number of nitrogens with zero attached hydrogens (tertiary/aromatic N) is 4. The molecule has 9 heteroatoms. The maximum Gasteiger partial charge on any atom is 0.233 e. The molecule has 0 radical (unpaired) electrons. The van der Waals surface area contributed by atoms with Gasteiger partial charge in [0.1, 0.15) is 0 Å². The third kappa shape index (κ3) is 5.02. The predicted molar refractivity (Wildman–Crippen MR) is 87.6 cm³/mol. The zero-order valence-corrected chi connectivity index (χ0v) is 14.7. The van der Waals surface area contributed by atoms with Crippen molar-refractivity contribution >= 4 is 45.4 Å². The first-order chi connectivity index (χ1) is 9.49. The predicted octanol–water partition coefficient (Wildman–Crippen LogP) is 1.95. The summed E-state index contributed by atoms with van der Waals surface area (Å²) < 4.78 is 2.26. The van der Waals surface area contributed by atoms with Crippen molar-refractivity contribution in [2.24, 2.45) is 0 Å². The van der Waals surface area contributed by atoms with Gasteiger partial charge in [0.25, 0.3) is 0 Å². The van der Waals surface area contributed by atoms with E-state index in [4.69, 9.17) is 5.84 Å². The van der Waals surface area contributed by atoms with Crippen LogP contribution in [0.2, 0.25) is 0 Å². The number of nitrogens with two attached hydrogens (primary N) is 1. The summed E-state index contributed by atoms with van der Waals surface area (Å²) in [6.45, 7) is 9.08. The van der Waals surface area contributed by atoms with Gasteiger partial charge in [-0.25, -0.2) is 4.68 Å². The van der Waals surface area contributed by atoms with Gasteiger partial charge < -0.3 is 10.7 Å². The molecule has 0 saturated carbocycles. The lowest BCUT2D eigenvalue weighted by atomic mass is 10.5. The topological polar surface area (TPSA) is 77.0 Å². The molecule has 0 aliphatic heterocycles. The van der Waals surface area contributed by atoms with Gasteiger partial charge in [-0.3, -0.25) is 4.79 Å². The van der Waals surface area contributed by atoms with Crippen LogP contribution >= 0.6 is 39.5 Å². The first kappa shape index (κ1) is 17.4. The number of carbonyl (C=O) groups is 1. The lowest BCUT2D eigenvalue weighted by Crippen LogP contribution is -2.32. The fourth-order valence-electron chi connectivity index (χ4n) is 1.40. The van der Waals surface area contributed by atoms with Crippen LogP contribution in [0.5, 0.6) is 0 Å². The van der Waals surface area contributed by atoms with E-state index >= 15 is 0 Å². The highest BCUT2D eigenvalue weighted by atomic mass is 79.9. The Morgan fingerprint density at radius 1 is 1.30 bits per heavy atom. The molecule has 1 rings (SSSR count). The number of rotatable bonds is 8. The second-order valence-electron chi connectivity index (χ2n) is 3.80. The Morgan fingerprint density at radius 3 is 2.25 bits per heavy atom. The third-order valence-corrected chi connectivity index (χ3v) is 5.04. The van der Waals surface area contributed by atoms with Crippen molar-refractivity contribution in [2.75, 3.05) is 30.4 Å². The van der Waals surface area contributed by atoms with Gasteiger partial charge in [0.2, 0.25) is 16.2 Å². The number of halogens is 1. The summed E-state index contributed by atoms with van der Waals surface area (Å²) >= 11 is 6.01. The molecule has 1 aromatic heterocycles. The highest BCUT2D eigenvalue weighted by molar-refractivity contribution is 9.11. The maximum absolute atomic E-state index is 11.9. The highest BCUT2D eigenvalue weighted by Gasteiger charge is 2.15. The van der Waals surface area contributed by atoms with Gasteiger partial charge in [-0.1, -0.05) is 46.0 Å². The van der Waals surface area contributed by atoms with E-state index in [9.17, 15) is 4.79 Å². The fraction of sp³-hybridized carbons (Fsp3) is 0.545. The van der Waals surface area contributed by atoms with Crippen LogP contribution < -0.4 is 5.84 Å². The molecule has 1 heterocycles. The Bertz CT molecular complexity index is 475. The number of hydrogen-bond acceptors (Lipinski definition) is 6. The van der Waals surface area contributed by atoms with Crippen molar-refractivity contribution in [3.05, 3.63) is 11.1 Å². The molecule has 1 amide bonds. The molecule has 0 atom stereocenters. The van der Waals surface area contributed by atoms with E-state index in [1.54, 1.807) is 4.90 Å². The molecule has 0 unspecified atom stereocenters. The number of amides is 1. The van der Waals surface area contributed by atoms with Crippen LogP contribution in [0, 0.1) is 0 Å². The normalized spacial score (nSPS) is 10.6. The second kappa shape index (κ2) is 8.58. The Hall–Kier alpha value is -0.670. The number of hydrogen-bond donors (Lipinski definition) is 1. The molecule has 112 valence electrons. The maximum atomic E-state index is 11.9. The zero-order chi connectivity index (χ0) is 15.1. The standard InChI is InChI=1S/C11H18BrN5OS2/c1-4-16(5-2)9(18)7-20-11-15-14-10(17(11)13)19-6-8(3)12/h3-7,13H2,1-2H3. The molecular formula is C11H18BrN5OS2. The summed E-state index contributed by atoms with van der Waals surface area (Å²) in [5.74, 6) is 6.95. The van der Waals surface area contributed by atoms with E-state index < -0.39 is 0 Å². The first-order valence-electron chi connectivity index (χ1n) is 6.06. The van der Waals surface area contributed by atoms with Crippen LogP contribution in [-0.4, -0.2) is 50.3 Å². The molecule has 1 aromatic rings. The number of thioether (sulfide) groups is 2. The fourth-order valence-corrected chi connectivity index (χ4v) is 3.17. The van der Waals surface area contributed by atoms with Crippen LogP contribution in [0.25, 0.3) is 0 Å². The van der Waals surface area contributed by atoms with Gasteiger partial charge in [-0.15, -0.1) is 10.2 Å². The van der Waals surface area contributed by atoms with Gasteiger partial charge in [0, 0.05) is 18.8 Å². The highest BCUT2D eigenvalue weighted by Crippen LogP contribution is 2.23. The second-order valence-corrected chi connectivity index (χ2v) is 6.80. The van der Waals surface area contributed by atoms with Crippen LogP contribution in [0.15, 0.2) is 21.4 Å². The quantitative estimate of drug-likeness (QED) is 0.549. The van der Waals surface area contributed by atoms with Crippen molar-refractivity contribution in [1.82, 2.24) is 19.8 Å². The van der Waals surface area contributed by atoms with Crippen molar-refractivity contribution in [2.45, 2.75) is 24.2 Å². The van der Waals surface area contributed by atoms with E-state index in [2.05, 4.69) is 32.7 Å². The Balaban J connectivity index is 2.57. The number of carbonyl (C=O) groups excluding carboxylic acids is 1.